The molecule has 2 aliphatic rings. The fraction of sp³-hybridized carbons (Fsp3) is 0.250. The topological polar surface area (TPSA) is 96.0 Å². The van der Waals surface area contributed by atoms with E-state index in [1.807, 2.05) is 13.8 Å². The highest BCUT2D eigenvalue weighted by atomic mass is 16.5. The lowest BCUT2D eigenvalue weighted by molar-refractivity contribution is -0.127. The monoisotopic (exact) mass is 433 g/mol. The molecular formula is C24H23N3O5. The minimum atomic E-state index is -0.725. The summed E-state index contributed by atoms with van der Waals surface area (Å²) in [6.45, 7) is 7.44. The van der Waals surface area contributed by atoms with E-state index in [2.05, 4.69) is 11.9 Å². The van der Waals surface area contributed by atoms with Gasteiger partial charge in [0.15, 0.2) is 0 Å². The van der Waals surface area contributed by atoms with Gasteiger partial charge in [-0.1, -0.05) is 18.2 Å². The highest BCUT2D eigenvalue weighted by molar-refractivity contribution is 6.22. The molecule has 0 aromatic heterocycles. The normalized spacial score (nSPS) is 16.8. The second kappa shape index (κ2) is 7.96. The summed E-state index contributed by atoms with van der Waals surface area (Å²) in [6.07, 6.45) is 1.64. The summed E-state index contributed by atoms with van der Waals surface area (Å²) in [7, 11) is 0. The summed E-state index contributed by atoms with van der Waals surface area (Å²) in [5.41, 5.74) is 0.864. The van der Waals surface area contributed by atoms with E-state index in [0.717, 1.165) is 4.90 Å². The van der Waals surface area contributed by atoms with E-state index in [1.54, 1.807) is 53.4 Å². The number of hydrogen-bond donors (Lipinski definition) is 1. The van der Waals surface area contributed by atoms with Crippen molar-refractivity contribution in [2.45, 2.75) is 13.8 Å². The van der Waals surface area contributed by atoms with Crippen LogP contribution >= 0.6 is 0 Å². The molecule has 1 N–H and O–H groups in total. The summed E-state index contributed by atoms with van der Waals surface area (Å²) >= 11 is 0. The quantitative estimate of drug-likeness (QED) is 0.578. The van der Waals surface area contributed by atoms with E-state index in [4.69, 9.17) is 4.74 Å². The third-order valence-electron chi connectivity index (χ3n) is 5.44. The van der Waals surface area contributed by atoms with E-state index >= 15 is 0 Å². The fourth-order valence-electron chi connectivity index (χ4n) is 3.76. The Balaban J connectivity index is 1.52. The van der Waals surface area contributed by atoms with Crippen LogP contribution in [-0.4, -0.2) is 48.2 Å². The number of carbonyl (C=O) groups is 4. The molecule has 0 fully saturated rings. The second-order valence-electron chi connectivity index (χ2n) is 8.35. The van der Waals surface area contributed by atoms with Crippen molar-refractivity contribution in [3.05, 3.63) is 66.2 Å². The highest BCUT2D eigenvalue weighted by Crippen LogP contribution is 2.38. The van der Waals surface area contributed by atoms with Gasteiger partial charge in [0.1, 0.15) is 18.9 Å². The number of benzene rings is 2. The molecule has 0 saturated heterocycles. The number of amides is 4. The second-order valence-corrected chi connectivity index (χ2v) is 8.35. The molecule has 2 aromatic carbocycles. The van der Waals surface area contributed by atoms with Crippen LogP contribution in [-0.2, 0) is 9.59 Å². The van der Waals surface area contributed by atoms with Gasteiger partial charge in [0.2, 0.25) is 11.8 Å². The first kappa shape index (κ1) is 21.3. The average Bonchev–Trinajstić information content (AvgIpc) is 2.95. The lowest BCUT2D eigenvalue weighted by atomic mass is 9.93. The van der Waals surface area contributed by atoms with E-state index in [-0.39, 0.29) is 12.5 Å². The summed E-state index contributed by atoms with van der Waals surface area (Å²) in [4.78, 5) is 53.0. The standard InChI is InChI=1S/C24H23N3O5/c1-4-11-26-18-10-9-15(12-19(18)32-14-24(2,3)23(26)31)25-20(28)13-27-21(29)16-7-5-6-8-17(16)22(27)30/h4-10,12H,1,11,13-14H2,2-3H3,(H,25,28). The number of ether oxygens (including phenoxy) is 1. The molecule has 0 atom stereocenters. The van der Waals surface area contributed by atoms with Gasteiger partial charge in [0.25, 0.3) is 11.8 Å². The summed E-state index contributed by atoms with van der Waals surface area (Å²) in [6, 6.07) is 11.4. The zero-order valence-corrected chi connectivity index (χ0v) is 17.9. The third-order valence-corrected chi connectivity index (χ3v) is 5.44. The van der Waals surface area contributed by atoms with Gasteiger partial charge < -0.3 is 15.0 Å². The van der Waals surface area contributed by atoms with Gasteiger partial charge in [-0.15, -0.1) is 6.58 Å². The van der Waals surface area contributed by atoms with Crippen molar-refractivity contribution in [2.24, 2.45) is 5.41 Å². The van der Waals surface area contributed by atoms with Crippen LogP contribution in [0.1, 0.15) is 34.6 Å². The Hall–Kier alpha value is -3.94. The summed E-state index contributed by atoms with van der Waals surface area (Å²) < 4.78 is 5.88. The molecule has 164 valence electrons. The lowest BCUT2D eigenvalue weighted by Crippen LogP contribution is -2.42. The van der Waals surface area contributed by atoms with Crippen molar-refractivity contribution in [3.8, 4) is 5.75 Å². The Labute approximate surface area is 185 Å². The maximum absolute atomic E-state index is 12.9. The van der Waals surface area contributed by atoms with Gasteiger partial charge in [-0.3, -0.25) is 24.1 Å². The van der Waals surface area contributed by atoms with Crippen molar-refractivity contribution in [3.63, 3.8) is 0 Å². The Morgan fingerprint density at radius 2 is 1.75 bits per heavy atom. The predicted molar refractivity (Wildman–Crippen MR) is 119 cm³/mol. The van der Waals surface area contributed by atoms with Crippen LogP contribution < -0.4 is 15.0 Å². The van der Waals surface area contributed by atoms with Crippen LogP contribution in [0.5, 0.6) is 5.75 Å². The first-order valence-electron chi connectivity index (χ1n) is 10.2. The van der Waals surface area contributed by atoms with Crippen LogP contribution in [0.4, 0.5) is 11.4 Å². The predicted octanol–water partition coefficient (Wildman–Crippen LogP) is 2.86. The van der Waals surface area contributed by atoms with Crippen molar-refractivity contribution in [1.82, 2.24) is 4.90 Å². The Bertz CT molecular complexity index is 1120. The molecule has 8 nitrogen and oxygen atoms in total. The van der Waals surface area contributed by atoms with Crippen LogP contribution in [0.15, 0.2) is 55.1 Å². The minimum Gasteiger partial charge on any atom is -0.490 e. The molecule has 0 unspecified atom stereocenters. The maximum atomic E-state index is 12.9. The van der Waals surface area contributed by atoms with E-state index < -0.39 is 29.7 Å². The van der Waals surface area contributed by atoms with Gasteiger partial charge >= 0.3 is 0 Å². The molecule has 0 radical (unpaired) electrons. The van der Waals surface area contributed by atoms with Crippen LogP contribution in [0.25, 0.3) is 0 Å². The highest BCUT2D eigenvalue weighted by Gasteiger charge is 2.38. The number of imide groups is 1. The number of fused-ring (bicyclic) bond motifs is 2. The van der Waals surface area contributed by atoms with E-state index in [1.165, 1.54) is 0 Å². The molecule has 8 heteroatoms. The van der Waals surface area contributed by atoms with E-state index in [9.17, 15) is 19.2 Å². The molecule has 2 aromatic rings. The molecule has 2 aliphatic heterocycles. The number of rotatable bonds is 5. The van der Waals surface area contributed by atoms with Gasteiger partial charge in [-0.25, -0.2) is 0 Å². The van der Waals surface area contributed by atoms with Gasteiger partial charge in [-0.05, 0) is 38.1 Å². The number of nitrogens with zero attached hydrogens (tertiary/aromatic N) is 2. The smallest absolute Gasteiger partial charge is 0.262 e. The van der Waals surface area contributed by atoms with Crippen LogP contribution in [0.3, 0.4) is 0 Å². The van der Waals surface area contributed by atoms with Crippen LogP contribution in [0, 0.1) is 5.41 Å². The first-order chi connectivity index (χ1) is 15.2. The largest absolute Gasteiger partial charge is 0.490 e. The summed E-state index contributed by atoms with van der Waals surface area (Å²) in [5, 5.41) is 2.70. The Morgan fingerprint density at radius 3 is 2.38 bits per heavy atom. The van der Waals surface area contributed by atoms with Gasteiger partial charge in [0.05, 0.1) is 22.2 Å². The van der Waals surface area contributed by atoms with Crippen LogP contribution in [0.2, 0.25) is 0 Å². The van der Waals surface area contributed by atoms with Gasteiger partial charge in [-0.2, -0.15) is 0 Å². The van der Waals surface area contributed by atoms with Crippen molar-refractivity contribution >= 4 is 35.0 Å². The average molecular weight is 433 g/mol. The fourth-order valence-corrected chi connectivity index (χ4v) is 3.76. The molecular weight excluding hydrogens is 410 g/mol. The number of hydrogen-bond acceptors (Lipinski definition) is 5. The van der Waals surface area contributed by atoms with Crippen molar-refractivity contribution < 1.29 is 23.9 Å². The van der Waals surface area contributed by atoms with Gasteiger partial charge in [0, 0.05) is 18.3 Å². The minimum absolute atomic E-state index is 0.0847. The molecule has 2 heterocycles. The Kier molecular flexibility index (Phi) is 5.30. The molecule has 0 spiro atoms. The van der Waals surface area contributed by atoms with Crippen molar-refractivity contribution in [1.29, 1.82) is 0 Å². The third kappa shape index (κ3) is 3.64. The molecule has 4 amide bonds. The Morgan fingerprint density at radius 1 is 1.09 bits per heavy atom. The van der Waals surface area contributed by atoms with Crippen molar-refractivity contribution in [2.75, 3.05) is 29.9 Å². The number of nitrogens with one attached hydrogen (secondary N) is 1. The number of anilines is 2. The summed E-state index contributed by atoms with van der Waals surface area (Å²) in [5.74, 6) is -1.14. The SMILES string of the molecule is C=CCN1C(=O)C(C)(C)COc2cc(NC(=O)CN3C(=O)c4ccccc4C3=O)ccc21. The zero-order chi connectivity index (χ0) is 23.0. The molecule has 32 heavy (non-hydrogen) atoms. The zero-order valence-electron chi connectivity index (χ0n) is 17.9. The first-order valence-corrected chi connectivity index (χ1v) is 10.2. The van der Waals surface area contributed by atoms with E-state index in [0.29, 0.717) is 34.8 Å². The molecule has 0 aliphatic carbocycles. The molecule has 0 saturated carbocycles. The molecule has 4 rings (SSSR count). The maximum Gasteiger partial charge on any atom is 0.262 e. The number of carbonyl (C=O) groups excluding carboxylic acids is 4. The molecule has 0 bridgehead atoms. The lowest BCUT2D eigenvalue weighted by Gasteiger charge is -2.27.